The van der Waals surface area contributed by atoms with Crippen LogP contribution in [0.1, 0.15) is 32.8 Å². The highest BCUT2D eigenvalue weighted by molar-refractivity contribution is 7.92. The standard InChI is InChI=1S/C24H30FN3O6S/c1-5-16(2)26-24(30)17(3)27(13-18-8-6-7-9-20(18)25)23(29)14-28(35(4,31)32)19-10-11-21-22(12-19)34-15-33-21/h6-12,16-17H,5,13-15H2,1-4H3,(H,26,30)/t16-,17-/m1/s1. The number of benzene rings is 2. The van der Waals surface area contributed by atoms with Crippen molar-refractivity contribution in [1.82, 2.24) is 10.2 Å². The number of nitrogens with zero attached hydrogens (tertiary/aromatic N) is 2. The molecular formula is C24H30FN3O6S. The van der Waals surface area contributed by atoms with Crippen molar-refractivity contribution < 1.29 is 31.9 Å². The third-order valence-electron chi connectivity index (χ3n) is 5.79. The summed E-state index contributed by atoms with van der Waals surface area (Å²) >= 11 is 0. The zero-order valence-corrected chi connectivity index (χ0v) is 21.0. The van der Waals surface area contributed by atoms with Gasteiger partial charge in [0, 0.05) is 24.2 Å². The molecule has 0 bridgehead atoms. The van der Waals surface area contributed by atoms with Crippen LogP contribution in [0.2, 0.25) is 0 Å². The Hall–Kier alpha value is -3.34. The van der Waals surface area contributed by atoms with Crippen molar-refractivity contribution in [3.63, 3.8) is 0 Å². The van der Waals surface area contributed by atoms with E-state index in [1.807, 2.05) is 13.8 Å². The van der Waals surface area contributed by atoms with Gasteiger partial charge >= 0.3 is 0 Å². The van der Waals surface area contributed by atoms with Gasteiger partial charge in [-0.15, -0.1) is 0 Å². The first-order valence-corrected chi connectivity index (χ1v) is 13.1. The quantitative estimate of drug-likeness (QED) is 0.530. The fraction of sp³-hybridized carbons (Fsp3) is 0.417. The van der Waals surface area contributed by atoms with Crippen LogP contribution in [0.25, 0.3) is 0 Å². The monoisotopic (exact) mass is 507 g/mol. The maximum atomic E-state index is 14.4. The van der Waals surface area contributed by atoms with Crippen LogP contribution >= 0.6 is 0 Å². The molecule has 9 nitrogen and oxygen atoms in total. The minimum absolute atomic E-state index is 0.00974. The first-order chi connectivity index (χ1) is 16.5. The van der Waals surface area contributed by atoms with Gasteiger partial charge in [0.05, 0.1) is 11.9 Å². The third kappa shape index (κ3) is 6.41. The topological polar surface area (TPSA) is 105 Å². The second-order valence-electron chi connectivity index (χ2n) is 8.41. The molecule has 0 aliphatic carbocycles. The molecule has 3 rings (SSSR count). The number of sulfonamides is 1. The predicted molar refractivity (Wildman–Crippen MR) is 129 cm³/mol. The highest BCUT2D eigenvalue weighted by Gasteiger charge is 2.31. The van der Waals surface area contributed by atoms with Gasteiger partial charge in [-0.25, -0.2) is 12.8 Å². The van der Waals surface area contributed by atoms with Crippen molar-refractivity contribution >= 4 is 27.5 Å². The molecule has 0 aromatic heterocycles. The smallest absolute Gasteiger partial charge is 0.244 e. The fourth-order valence-electron chi connectivity index (χ4n) is 3.51. The fourth-order valence-corrected chi connectivity index (χ4v) is 4.35. The lowest BCUT2D eigenvalue weighted by Crippen LogP contribution is -2.52. The van der Waals surface area contributed by atoms with E-state index in [1.54, 1.807) is 12.1 Å². The first-order valence-electron chi connectivity index (χ1n) is 11.2. The van der Waals surface area contributed by atoms with Gasteiger partial charge in [-0.3, -0.25) is 13.9 Å². The number of anilines is 1. The van der Waals surface area contributed by atoms with Crippen LogP contribution in [-0.4, -0.2) is 56.8 Å². The van der Waals surface area contributed by atoms with Crippen LogP contribution in [0.4, 0.5) is 10.1 Å². The molecule has 11 heteroatoms. The molecule has 1 N–H and O–H groups in total. The number of rotatable bonds is 10. The van der Waals surface area contributed by atoms with Crippen molar-refractivity contribution in [1.29, 1.82) is 0 Å². The maximum Gasteiger partial charge on any atom is 0.244 e. The zero-order chi connectivity index (χ0) is 25.8. The molecule has 2 aromatic carbocycles. The molecule has 190 valence electrons. The Morgan fingerprint density at radius 2 is 1.80 bits per heavy atom. The van der Waals surface area contributed by atoms with Crippen LogP contribution in [0.15, 0.2) is 42.5 Å². The second kappa shape index (κ2) is 10.9. The molecule has 1 aliphatic rings. The lowest BCUT2D eigenvalue weighted by Gasteiger charge is -2.32. The Morgan fingerprint density at radius 3 is 2.46 bits per heavy atom. The number of amides is 2. The molecule has 2 aromatic rings. The Balaban J connectivity index is 1.92. The molecule has 1 aliphatic heterocycles. The Bertz CT molecular complexity index is 1190. The molecule has 0 fully saturated rings. The van der Waals surface area contributed by atoms with E-state index in [9.17, 15) is 22.4 Å². The Morgan fingerprint density at radius 1 is 1.11 bits per heavy atom. The molecule has 2 atom stereocenters. The van der Waals surface area contributed by atoms with Crippen LogP contribution in [0.5, 0.6) is 11.5 Å². The van der Waals surface area contributed by atoms with Crippen molar-refractivity contribution in [3.05, 3.63) is 53.8 Å². The van der Waals surface area contributed by atoms with Gasteiger partial charge in [0.15, 0.2) is 11.5 Å². The van der Waals surface area contributed by atoms with Gasteiger partial charge in [-0.2, -0.15) is 0 Å². The van der Waals surface area contributed by atoms with E-state index >= 15 is 0 Å². The maximum absolute atomic E-state index is 14.4. The van der Waals surface area contributed by atoms with E-state index in [4.69, 9.17) is 9.47 Å². The summed E-state index contributed by atoms with van der Waals surface area (Å²) in [5.41, 5.74) is 0.408. The number of ether oxygens (including phenoxy) is 2. The lowest BCUT2D eigenvalue weighted by molar-refractivity contribution is -0.139. The summed E-state index contributed by atoms with van der Waals surface area (Å²) < 4.78 is 51.2. The van der Waals surface area contributed by atoms with Gasteiger partial charge in [0.2, 0.25) is 28.6 Å². The van der Waals surface area contributed by atoms with E-state index < -0.39 is 40.2 Å². The first kappa shape index (κ1) is 26.3. The molecule has 0 spiro atoms. The summed E-state index contributed by atoms with van der Waals surface area (Å²) in [6.07, 6.45) is 1.66. The summed E-state index contributed by atoms with van der Waals surface area (Å²) in [5.74, 6) is -0.796. The van der Waals surface area contributed by atoms with Crippen LogP contribution in [0, 0.1) is 5.82 Å². The number of hydrogen-bond acceptors (Lipinski definition) is 6. The third-order valence-corrected chi connectivity index (χ3v) is 6.93. The van der Waals surface area contributed by atoms with Gasteiger partial charge in [0.25, 0.3) is 0 Å². The molecule has 0 saturated heterocycles. The average Bonchev–Trinajstić information content (AvgIpc) is 3.28. The van der Waals surface area contributed by atoms with E-state index in [0.717, 1.165) is 10.6 Å². The molecular weight excluding hydrogens is 477 g/mol. The molecule has 0 saturated carbocycles. The molecule has 35 heavy (non-hydrogen) atoms. The van der Waals surface area contributed by atoms with Crippen molar-refractivity contribution in [2.45, 2.75) is 45.8 Å². The highest BCUT2D eigenvalue weighted by atomic mass is 32.2. The van der Waals surface area contributed by atoms with E-state index in [2.05, 4.69) is 5.32 Å². The summed E-state index contributed by atoms with van der Waals surface area (Å²) in [6, 6.07) is 9.35. The average molecular weight is 508 g/mol. The highest BCUT2D eigenvalue weighted by Crippen LogP contribution is 2.36. The Labute approximate surface area is 204 Å². The van der Waals surface area contributed by atoms with Crippen molar-refractivity contribution in [3.8, 4) is 11.5 Å². The number of carbonyl (C=O) groups excluding carboxylic acids is 2. The van der Waals surface area contributed by atoms with Gasteiger partial charge < -0.3 is 19.7 Å². The van der Waals surface area contributed by atoms with Gasteiger partial charge in [0.1, 0.15) is 18.4 Å². The summed E-state index contributed by atoms with van der Waals surface area (Å²) in [4.78, 5) is 27.5. The molecule has 0 unspecified atom stereocenters. The lowest BCUT2D eigenvalue weighted by atomic mass is 10.1. The van der Waals surface area contributed by atoms with Crippen molar-refractivity contribution in [2.24, 2.45) is 0 Å². The van der Waals surface area contributed by atoms with Crippen LogP contribution in [-0.2, 0) is 26.2 Å². The van der Waals surface area contributed by atoms with E-state index in [0.29, 0.717) is 17.9 Å². The minimum atomic E-state index is -3.90. The number of nitrogens with one attached hydrogen (secondary N) is 1. The molecule has 2 amide bonds. The van der Waals surface area contributed by atoms with E-state index in [1.165, 1.54) is 42.2 Å². The zero-order valence-electron chi connectivity index (χ0n) is 20.2. The summed E-state index contributed by atoms with van der Waals surface area (Å²) in [6.45, 7) is 4.48. The SMILES string of the molecule is CC[C@@H](C)NC(=O)[C@@H](C)N(Cc1ccccc1F)C(=O)CN(c1ccc2c(c1)OCO2)S(C)(=O)=O. The van der Waals surface area contributed by atoms with Gasteiger partial charge in [-0.1, -0.05) is 25.1 Å². The van der Waals surface area contributed by atoms with Crippen molar-refractivity contribution in [2.75, 3.05) is 23.9 Å². The molecule has 0 radical (unpaired) electrons. The largest absolute Gasteiger partial charge is 0.454 e. The summed E-state index contributed by atoms with van der Waals surface area (Å²) in [5, 5.41) is 2.82. The number of hydrogen-bond donors (Lipinski definition) is 1. The van der Waals surface area contributed by atoms with Crippen LogP contribution in [0.3, 0.4) is 0 Å². The number of carbonyl (C=O) groups is 2. The predicted octanol–water partition coefficient (Wildman–Crippen LogP) is 2.65. The van der Waals surface area contributed by atoms with E-state index in [-0.39, 0.29) is 30.6 Å². The minimum Gasteiger partial charge on any atom is -0.454 e. The Kier molecular flexibility index (Phi) is 8.21. The number of fused-ring (bicyclic) bond motifs is 1. The van der Waals surface area contributed by atoms with Gasteiger partial charge in [-0.05, 0) is 38.5 Å². The van der Waals surface area contributed by atoms with Crippen LogP contribution < -0.4 is 19.1 Å². The normalized spacial score (nSPS) is 14.2. The summed E-state index contributed by atoms with van der Waals surface area (Å²) in [7, 11) is -3.90. The molecule has 1 heterocycles. The second-order valence-corrected chi connectivity index (χ2v) is 10.3. The number of halogens is 1.